The third kappa shape index (κ3) is 2.97. The summed E-state index contributed by atoms with van der Waals surface area (Å²) in [5.41, 5.74) is 6.67. The standard InChI is InChI=1S/C20H24N/c1-3-7-17(8-4-2)21-18-11-12-20-16(14-18)13-15-9-5-6-10-19(15)20/h5-6,9-12,17,21H,3-4,7-8,13H2,1-2H3. The van der Waals surface area contributed by atoms with Crippen LogP contribution in [0.3, 0.4) is 0 Å². The van der Waals surface area contributed by atoms with E-state index in [1.165, 1.54) is 47.9 Å². The van der Waals surface area contributed by atoms with Gasteiger partial charge in [0.25, 0.3) is 0 Å². The normalized spacial score (nSPS) is 12.3. The summed E-state index contributed by atoms with van der Waals surface area (Å²) in [7, 11) is 0. The van der Waals surface area contributed by atoms with Gasteiger partial charge in [-0.1, -0.05) is 57.0 Å². The number of benzene rings is 2. The van der Waals surface area contributed by atoms with Crippen molar-refractivity contribution in [3.8, 4) is 11.1 Å². The van der Waals surface area contributed by atoms with Crippen molar-refractivity contribution in [1.82, 2.24) is 0 Å². The van der Waals surface area contributed by atoms with Gasteiger partial charge in [-0.15, -0.1) is 0 Å². The molecular weight excluding hydrogens is 254 g/mol. The molecule has 109 valence electrons. The fraction of sp³-hybridized carbons (Fsp3) is 0.400. The van der Waals surface area contributed by atoms with Gasteiger partial charge in [-0.05, 0) is 47.6 Å². The Morgan fingerprint density at radius 3 is 2.52 bits per heavy atom. The van der Waals surface area contributed by atoms with Crippen molar-refractivity contribution in [3.63, 3.8) is 0 Å². The van der Waals surface area contributed by atoms with Crippen molar-refractivity contribution in [2.75, 3.05) is 5.32 Å². The first kappa shape index (κ1) is 14.2. The van der Waals surface area contributed by atoms with Gasteiger partial charge in [-0.25, -0.2) is 0 Å². The highest BCUT2D eigenvalue weighted by Gasteiger charge is 2.18. The second-order valence-electron chi connectivity index (χ2n) is 6.02. The van der Waals surface area contributed by atoms with Crippen LogP contribution in [0.2, 0.25) is 0 Å². The van der Waals surface area contributed by atoms with Crippen LogP contribution in [0.4, 0.5) is 5.69 Å². The second-order valence-corrected chi connectivity index (χ2v) is 6.02. The molecule has 2 aromatic carbocycles. The minimum Gasteiger partial charge on any atom is -0.382 e. The maximum absolute atomic E-state index is 3.68. The smallest absolute Gasteiger partial charge is 0.0426 e. The third-order valence-electron chi connectivity index (χ3n) is 4.34. The van der Waals surface area contributed by atoms with Crippen LogP contribution in [-0.4, -0.2) is 6.04 Å². The van der Waals surface area contributed by atoms with Gasteiger partial charge in [0, 0.05) is 17.8 Å². The second kappa shape index (κ2) is 6.34. The molecule has 1 radical (unpaired) electrons. The Morgan fingerprint density at radius 1 is 1.00 bits per heavy atom. The molecule has 21 heavy (non-hydrogen) atoms. The van der Waals surface area contributed by atoms with E-state index in [0.29, 0.717) is 6.04 Å². The Bertz CT molecular complexity index is 609. The lowest BCUT2D eigenvalue weighted by atomic mass is 10.0. The lowest BCUT2D eigenvalue weighted by Gasteiger charge is -2.19. The fourth-order valence-corrected chi connectivity index (χ4v) is 3.35. The number of anilines is 1. The van der Waals surface area contributed by atoms with E-state index in [4.69, 9.17) is 0 Å². The van der Waals surface area contributed by atoms with E-state index >= 15 is 0 Å². The van der Waals surface area contributed by atoms with Gasteiger partial charge in [0.05, 0.1) is 0 Å². The Kier molecular flexibility index (Phi) is 4.28. The van der Waals surface area contributed by atoms with Crippen LogP contribution in [0.5, 0.6) is 0 Å². The summed E-state index contributed by atoms with van der Waals surface area (Å²) in [6, 6.07) is 17.3. The predicted octanol–water partition coefficient (Wildman–Crippen LogP) is 5.44. The van der Waals surface area contributed by atoms with Crippen LogP contribution in [0, 0.1) is 6.07 Å². The molecule has 0 atom stereocenters. The van der Waals surface area contributed by atoms with Crippen LogP contribution in [0.15, 0.2) is 36.4 Å². The average molecular weight is 278 g/mol. The highest BCUT2D eigenvalue weighted by molar-refractivity contribution is 5.78. The summed E-state index contributed by atoms with van der Waals surface area (Å²) in [5.74, 6) is 0. The molecule has 0 saturated heterocycles. The summed E-state index contributed by atoms with van der Waals surface area (Å²) in [6.07, 6.45) is 5.95. The molecule has 0 spiro atoms. The summed E-state index contributed by atoms with van der Waals surface area (Å²) in [4.78, 5) is 0. The Balaban J connectivity index is 1.80. The topological polar surface area (TPSA) is 12.0 Å². The first-order chi connectivity index (χ1) is 10.3. The quantitative estimate of drug-likeness (QED) is 0.633. The summed E-state index contributed by atoms with van der Waals surface area (Å²) >= 11 is 0. The molecule has 1 aliphatic carbocycles. The lowest BCUT2D eigenvalue weighted by Crippen LogP contribution is -2.19. The Morgan fingerprint density at radius 2 is 1.76 bits per heavy atom. The number of rotatable bonds is 6. The fourth-order valence-electron chi connectivity index (χ4n) is 3.35. The van der Waals surface area contributed by atoms with E-state index in [9.17, 15) is 0 Å². The minimum absolute atomic E-state index is 0.582. The molecule has 1 aliphatic rings. The number of nitrogens with one attached hydrogen (secondary N) is 1. The average Bonchev–Trinajstić information content (AvgIpc) is 2.85. The molecule has 0 heterocycles. The molecule has 0 amide bonds. The molecule has 1 heteroatoms. The zero-order valence-electron chi connectivity index (χ0n) is 13.1. The number of hydrogen-bond acceptors (Lipinski definition) is 1. The molecule has 0 fully saturated rings. The third-order valence-corrected chi connectivity index (χ3v) is 4.34. The van der Waals surface area contributed by atoms with Gasteiger partial charge in [0.1, 0.15) is 0 Å². The molecule has 0 aliphatic heterocycles. The van der Waals surface area contributed by atoms with Gasteiger partial charge in [-0.3, -0.25) is 0 Å². The Labute approximate surface area is 128 Å². The van der Waals surface area contributed by atoms with Gasteiger partial charge in [0.15, 0.2) is 0 Å². The minimum atomic E-state index is 0.582. The van der Waals surface area contributed by atoms with Crippen LogP contribution in [0.1, 0.15) is 50.7 Å². The van der Waals surface area contributed by atoms with E-state index < -0.39 is 0 Å². The van der Waals surface area contributed by atoms with E-state index in [1.54, 1.807) is 0 Å². The molecule has 0 unspecified atom stereocenters. The number of fused-ring (bicyclic) bond motifs is 3. The van der Waals surface area contributed by atoms with Crippen molar-refractivity contribution in [2.24, 2.45) is 0 Å². The molecule has 1 N–H and O–H groups in total. The largest absolute Gasteiger partial charge is 0.382 e. The van der Waals surface area contributed by atoms with E-state index in [-0.39, 0.29) is 0 Å². The van der Waals surface area contributed by atoms with E-state index in [1.807, 2.05) is 0 Å². The summed E-state index contributed by atoms with van der Waals surface area (Å²) in [6.45, 7) is 4.51. The van der Waals surface area contributed by atoms with Gasteiger partial charge < -0.3 is 5.32 Å². The van der Waals surface area contributed by atoms with Crippen LogP contribution < -0.4 is 5.32 Å². The van der Waals surface area contributed by atoms with Gasteiger partial charge in [-0.2, -0.15) is 0 Å². The van der Waals surface area contributed by atoms with Crippen molar-refractivity contribution >= 4 is 5.69 Å². The van der Waals surface area contributed by atoms with Gasteiger partial charge in [0.2, 0.25) is 0 Å². The molecule has 1 nitrogen and oxygen atoms in total. The first-order valence-corrected chi connectivity index (χ1v) is 8.21. The molecule has 0 saturated carbocycles. The van der Waals surface area contributed by atoms with Crippen molar-refractivity contribution < 1.29 is 0 Å². The molecular formula is C20H24N. The highest BCUT2D eigenvalue weighted by Crippen LogP contribution is 2.37. The summed E-state index contributed by atoms with van der Waals surface area (Å²) in [5, 5.41) is 3.68. The molecule has 0 aromatic heterocycles. The first-order valence-electron chi connectivity index (χ1n) is 8.21. The monoisotopic (exact) mass is 278 g/mol. The summed E-state index contributed by atoms with van der Waals surface area (Å²) < 4.78 is 0. The van der Waals surface area contributed by atoms with Crippen LogP contribution in [-0.2, 0) is 6.42 Å². The van der Waals surface area contributed by atoms with Crippen molar-refractivity contribution in [2.45, 2.75) is 52.0 Å². The van der Waals surface area contributed by atoms with Crippen molar-refractivity contribution in [3.05, 3.63) is 53.6 Å². The zero-order valence-corrected chi connectivity index (χ0v) is 13.1. The van der Waals surface area contributed by atoms with Crippen molar-refractivity contribution in [1.29, 1.82) is 0 Å². The lowest BCUT2D eigenvalue weighted by molar-refractivity contribution is 0.586. The molecule has 0 bridgehead atoms. The SMILES string of the molecule is CCCC(CCC)Nc1[c]c2c(cc1)-c1ccccc1C2. The highest BCUT2D eigenvalue weighted by atomic mass is 14.9. The zero-order chi connectivity index (χ0) is 14.7. The van der Waals surface area contributed by atoms with E-state index in [2.05, 4.69) is 61.6 Å². The van der Waals surface area contributed by atoms with E-state index in [0.717, 1.165) is 12.1 Å². The Hall–Kier alpha value is -1.76. The number of hydrogen-bond donors (Lipinski definition) is 1. The maximum Gasteiger partial charge on any atom is 0.0426 e. The predicted molar refractivity (Wildman–Crippen MR) is 90.7 cm³/mol. The van der Waals surface area contributed by atoms with Crippen LogP contribution in [0.25, 0.3) is 11.1 Å². The van der Waals surface area contributed by atoms with Crippen LogP contribution >= 0.6 is 0 Å². The molecule has 2 aromatic rings. The molecule has 3 rings (SSSR count). The van der Waals surface area contributed by atoms with Gasteiger partial charge >= 0.3 is 0 Å². The maximum atomic E-state index is 3.68.